The van der Waals surface area contributed by atoms with Crippen LogP contribution >= 0.6 is 0 Å². The predicted molar refractivity (Wildman–Crippen MR) is 89.1 cm³/mol. The van der Waals surface area contributed by atoms with Gasteiger partial charge in [0.1, 0.15) is 0 Å². The molecule has 21 heavy (non-hydrogen) atoms. The van der Waals surface area contributed by atoms with Crippen LogP contribution in [-0.2, 0) is 5.54 Å². The molecule has 0 spiro atoms. The quantitative estimate of drug-likeness (QED) is 0.931. The minimum Gasteiger partial charge on any atom is -0.494 e. The maximum atomic E-state index is 10.8. The molecule has 2 nitrogen and oxygen atoms in total. The maximum Gasteiger partial charge on any atom is 0.195 e. The molecule has 0 saturated carbocycles. The molecule has 0 heterocycles. The minimum atomic E-state index is -0.303. The Morgan fingerprint density at radius 2 is 1.62 bits per heavy atom. The molecule has 2 aromatic rings. The van der Waals surface area contributed by atoms with Crippen LogP contribution in [0, 0.1) is 0 Å². The second kappa shape index (κ2) is 6.04. The van der Waals surface area contributed by atoms with Crippen LogP contribution < -0.4 is 10.4 Å². The van der Waals surface area contributed by atoms with Crippen molar-refractivity contribution in [2.45, 2.75) is 26.3 Å². The van der Waals surface area contributed by atoms with Crippen molar-refractivity contribution in [2.75, 3.05) is 6.54 Å². The van der Waals surface area contributed by atoms with Crippen molar-refractivity contribution in [3.63, 3.8) is 0 Å². The average Bonchev–Trinajstić information content (AvgIpc) is 2.49. The number of aliphatic hydroxyl groups is 1. The summed E-state index contributed by atoms with van der Waals surface area (Å²) < 4.78 is 0. The molecule has 0 fully saturated rings. The third kappa shape index (κ3) is 2.94. The van der Waals surface area contributed by atoms with Crippen LogP contribution in [-0.4, -0.2) is 16.6 Å². The Morgan fingerprint density at radius 3 is 2.19 bits per heavy atom. The van der Waals surface area contributed by atoms with Crippen molar-refractivity contribution in [1.82, 2.24) is 4.90 Å². The van der Waals surface area contributed by atoms with Crippen LogP contribution in [0.1, 0.15) is 26.3 Å². The predicted octanol–water partition coefficient (Wildman–Crippen LogP) is 2.98. The molecule has 0 unspecified atom stereocenters. The third-order valence-electron chi connectivity index (χ3n) is 3.99. The van der Waals surface area contributed by atoms with Crippen molar-refractivity contribution >= 4 is 12.5 Å². The highest BCUT2D eigenvalue weighted by molar-refractivity contribution is 5.38. The van der Waals surface area contributed by atoms with E-state index in [4.69, 9.17) is 0 Å². The number of rotatable bonds is 4. The standard InChI is InChI=1S/C19H23NO/c1-5-20(18(21)17-14-10-9-11-15(17)2)19(3,4)16-12-7-6-8-13-16/h6-14,21H,2,5H2,1,3-4H3/b18-17-. The molecule has 0 bridgehead atoms. The van der Waals surface area contributed by atoms with Gasteiger partial charge in [0.2, 0.25) is 0 Å². The lowest BCUT2D eigenvalue weighted by atomic mass is 9.92. The lowest BCUT2D eigenvalue weighted by Crippen LogP contribution is -2.44. The van der Waals surface area contributed by atoms with E-state index in [1.54, 1.807) is 0 Å². The van der Waals surface area contributed by atoms with Gasteiger partial charge in [-0.05, 0) is 37.6 Å². The van der Waals surface area contributed by atoms with Crippen molar-refractivity contribution in [1.29, 1.82) is 0 Å². The summed E-state index contributed by atoms with van der Waals surface area (Å²) in [5, 5.41) is 12.4. The van der Waals surface area contributed by atoms with Crippen molar-refractivity contribution in [3.8, 4) is 0 Å². The van der Waals surface area contributed by atoms with Gasteiger partial charge < -0.3 is 10.0 Å². The summed E-state index contributed by atoms with van der Waals surface area (Å²) in [6.45, 7) is 11.0. The fourth-order valence-corrected chi connectivity index (χ4v) is 2.70. The topological polar surface area (TPSA) is 23.5 Å². The lowest BCUT2D eigenvalue weighted by molar-refractivity contribution is 0.156. The van der Waals surface area contributed by atoms with Crippen LogP contribution in [0.4, 0.5) is 0 Å². The lowest BCUT2D eigenvalue weighted by Gasteiger charge is -2.39. The second-order valence-corrected chi connectivity index (χ2v) is 5.65. The Bertz CT molecular complexity index is 704. The molecule has 0 aliphatic heterocycles. The summed E-state index contributed by atoms with van der Waals surface area (Å²) in [6.07, 6.45) is 0. The van der Waals surface area contributed by atoms with E-state index in [0.29, 0.717) is 6.54 Å². The summed E-state index contributed by atoms with van der Waals surface area (Å²) in [6, 6.07) is 17.9. The van der Waals surface area contributed by atoms with E-state index in [0.717, 1.165) is 10.4 Å². The van der Waals surface area contributed by atoms with Gasteiger partial charge in [-0.2, -0.15) is 0 Å². The van der Waals surface area contributed by atoms with Gasteiger partial charge in [0.05, 0.1) is 5.54 Å². The molecule has 0 saturated heterocycles. The van der Waals surface area contributed by atoms with Gasteiger partial charge >= 0.3 is 0 Å². The molecule has 2 heteroatoms. The molecule has 0 aromatic heterocycles. The summed E-state index contributed by atoms with van der Waals surface area (Å²) in [4.78, 5) is 2.01. The fraction of sp³-hybridized carbons (Fsp3) is 0.263. The molecule has 2 rings (SSSR count). The van der Waals surface area contributed by atoms with E-state index in [1.807, 2.05) is 54.3 Å². The van der Waals surface area contributed by atoms with Gasteiger partial charge in [0, 0.05) is 11.8 Å². The number of aliphatic hydroxyl groups excluding tert-OH is 1. The summed E-state index contributed by atoms with van der Waals surface area (Å²) in [5.41, 5.74) is 0.863. The van der Waals surface area contributed by atoms with E-state index >= 15 is 0 Å². The molecular formula is C19H23NO. The Kier molecular flexibility index (Phi) is 4.37. The van der Waals surface area contributed by atoms with E-state index in [2.05, 4.69) is 32.6 Å². The minimum absolute atomic E-state index is 0.275. The van der Waals surface area contributed by atoms with Crippen molar-refractivity contribution in [3.05, 3.63) is 70.6 Å². The molecule has 0 radical (unpaired) electrons. The van der Waals surface area contributed by atoms with E-state index in [1.165, 1.54) is 5.56 Å². The summed E-state index contributed by atoms with van der Waals surface area (Å²) in [5.74, 6) is 0.275. The van der Waals surface area contributed by atoms with Crippen LogP contribution in [0.5, 0.6) is 0 Å². The monoisotopic (exact) mass is 281 g/mol. The van der Waals surface area contributed by atoms with E-state index in [9.17, 15) is 5.11 Å². The molecule has 0 amide bonds. The van der Waals surface area contributed by atoms with Gasteiger partial charge in [0.15, 0.2) is 5.88 Å². The first kappa shape index (κ1) is 15.2. The van der Waals surface area contributed by atoms with Gasteiger partial charge in [-0.3, -0.25) is 0 Å². The van der Waals surface area contributed by atoms with Crippen molar-refractivity contribution < 1.29 is 5.11 Å². The Labute approximate surface area is 126 Å². The highest BCUT2D eigenvalue weighted by Crippen LogP contribution is 2.29. The number of hydrogen-bond donors (Lipinski definition) is 1. The maximum absolute atomic E-state index is 10.8. The normalized spacial score (nSPS) is 12.9. The van der Waals surface area contributed by atoms with Gasteiger partial charge in [0.25, 0.3) is 0 Å². The van der Waals surface area contributed by atoms with Gasteiger partial charge in [-0.15, -0.1) is 0 Å². The molecule has 110 valence electrons. The fourth-order valence-electron chi connectivity index (χ4n) is 2.70. The largest absolute Gasteiger partial charge is 0.494 e. The zero-order chi connectivity index (χ0) is 15.5. The first-order valence-corrected chi connectivity index (χ1v) is 7.29. The molecule has 0 aliphatic carbocycles. The molecule has 2 aromatic carbocycles. The molecule has 0 atom stereocenters. The average molecular weight is 281 g/mol. The number of hydrogen-bond acceptors (Lipinski definition) is 2. The zero-order valence-corrected chi connectivity index (χ0v) is 13.0. The van der Waals surface area contributed by atoms with E-state index in [-0.39, 0.29) is 11.4 Å². The molecule has 1 N–H and O–H groups in total. The van der Waals surface area contributed by atoms with E-state index < -0.39 is 0 Å². The van der Waals surface area contributed by atoms with Crippen LogP contribution in [0.25, 0.3) is 12.5 Å². The zero-order valence-electron chi connectivity index (χ0n) is 13.0. The SMILES string of the molecule is C=c1cccc/c1=C(/O)N(CC)C(C)(C)c1ccccc1. The van der Waals surface area contributed by atoms with Crippen LogP contribution in [0.15, 0.2) is 54.6 Å². The van der Waals surface area contributed by atoms with Crippen LogP contribution in [0.3, 0.4) is 0 Å². The second-order valence-electron chi connectivity index (χ2n) is 5.65. The van der Waals surface area contributed by atoms with Crippen molar-refractivity contribution in [2.24, 2.45) is 0 Å². The highest BCUT2D eigenvalue weighted by atomic mass is 16.3. The Balaban J connectivity index is 2.57. The number of nitrogens with zero attached hydrogens (tertiary/aromatic N) is 1. The Morgan fingerprint density at radius 1 is 1.05 bits per heavy atom. The third-order valence-corrected chi connectivity index (χ3v) is 3.99. The van der Waals surface area contributed by atoms with Crippen LogP contribution in [0.2, 0.25) is 0 Å². The highest BCUT2D eigenvalue weighted by Gasteiger charge is 2.29. The first-order valence-electron chi connectivity index (χ1n) is 7.29. The molecule has 0 aliphatic rings. The Hall–Kier alpha value is -2.22. The summed E-state index contributed by atoms with van der Waals surface area (Å²) in [7, 11) is 0. The van der Waals surface area contributed by atoms with Gasteiger partial charge in [-0.25, -0.2) is 0 Å². The number of benzene rings is 2. The molecular weight excluding hydrogens is 258 g/mol. The van der Waals surface area contributed by atoms with Gasteiger partial charge in [-0.1, -0.05) is 55.1 Å². The summed E-state index contributed by atoms with van der Waals surface area (Å²) >= 11 is 0. The first-order chi connectivity index (χ1) is 9.98. The smallest absolute Gasteiger partial charge is 0.195 e.